The van der Waals surface area contributed by atoms with Crippen molar-refractivity contribution in [2.75, 3.05) is 0 Å². The van der Waals surface area contributed by atoms with Gasteiger partial charge in [0.2, 0.25) is 0 Å². The van der Waals surface area contributed by atoms with Crippen molar-refractivity contribution in [3.8, 4) is 0 Å². The Morgan fingerprint density at radius 2 is 2.21 bits per heavy atom. The smallest absolute Gasteiger partial charge is 0.0522 e. The van der Waals surface area contributed by atoms with E-state index in [1.807, 2.05) is 12.3 Å². The van der Waals surface area contributed by atoms with Crippen molar-refractivity contribution in [2.45, 2.75) is 39.4 Å². The lowest BCUT2D eigenvalue weighted by atomic mass is 10.1. The summed E-state index contributed by atoms with van der Waals surface area (Å²) in [6.07, 6.45) is 2.98. The van der Waals surface area contributed by atoms with Crippen molar-refractivity contribution in [1.29, 1.82) is 0 Å². The molecule has 0 aliphatic heterocycles. The maximum absolute atomic E-state index is 4.34. The minimum absolute atomic E-state index is 0.322. The summed E-state index contributed by atoms with van der Waals surface area (Å²) < 4.78 is 3.19. The van der Waals surface area contributed by atoms with E-state index in [1.165, 1.54) is 11.3 Å². The molecule has 2 rings (SSSR count). The van der Waals surface area contributed by atoms with Gasteiger partial charge in [-0.25, -0.2) is 0 Å². The van der Waals surface area contributed by atoms with Crippen LogP contribution in [0, 0.1) is 0 Å². The van der Waals surface area contributed by atoms with E-state index in [0.717, 1.165) is 24.0 Å². The topological polar surface area (TPSA) is 29.9 Å². The monoisotopic (exact) mass is 321 g/mol. The molecule has 0 spiro atoms. The third-order valence-electron chi connectivity index (χ3n) is 3.18. The zero-order valence-electron chi connectivity index (χ0n) is 11.4. The summed E-state index contributed by atoms with van der Waals surface area (Å²) in [5.41, 5.74) is 2.53. The van der Waals surface area contributed by atoms with Crippen LogP contribution in [0.4, 0.5) is 0 Å². The third-order valence-corrected chi connectivity index (χ3v) is 3.67. The molecule has 1 N–H and O–H groups in total. The number of aromatic nitrogens is 2. The molecular weight excluding hydrogens is 302 g/mol. The lowest BCUT2D eigenvalue weighted by molar-refractivity contribution is 0.517. The van der Waals surface area contributed by atoms with Gasteiger partial charge in [0.25, 0.3) is 0 Å². The Morgan fingerprint density at radius 1 is 1.37 bits per heavy atom. The Morgan fingerprint density at radius 3 is 2.95 bits per heavy atom. The standard InChI is InChI=1S/C15H20BrN3/c1-3-9-19-15(7-8-18-19)11-17-12(2)13-5-4-6-14(16)10-13/h4-8,10,12,17H,3,9,11H2,1-2H3/t12-/m0/s1. The lowest BCUT2D eigenvalue weighted by Gasteiger charge is -2.15. The highest BCUT2D eigenvalue weighted by atomic mass is 79.9. The van der Waals surface area contributed by atoms with E-state index >= 15 is 0 Å². The van der Waals surface area contributed by atoms with Crippen molar-refractivity contribution >= 4 is 15.9 Å². The molecule has 1 atom stereocenters. The van der Waals surface area contributed by atoms with Gasteiger partial charge in [-0.15, -0.1) is 0 Å². The van der Waals surface area contributed by atoms with Crippen molar-refractivity contribution in [2.24, 2.45) is 0 Å². The Labute approximate surface area is 123 Å². The van der Waals surface area contributed by atoms with Gasteiger partial charge < -0.3 is 5.32 Å². The van der Waals surface area contributed by atoms with Crippen LogP contribution in [-0.4, -0.2) is 9.78 Å². The molecule has 0 aliphatic carbocycles. The van der Waals surface area contributed by atoms with Gasteiger partial charge in [-0.1, -0.05) is 35.0 Å². The van der Waals surface area contributed by atoms with Crippen molar-refractivity contribution in [3.05, 3.63) is 52.3 Å². The van der Waals surface area contributed by atoms with Crippen LogP contribution in [0.1, 0.15) is 37.6 Å². The molecule has 1 heterocycles. The van der Waals surface area contributed by atoms with Gasteiger partial charge >= 0.3 is 0 Å². The number of nitrogens with one attached hydrogen (secondary N) is 1. The molecule has 0 saturated heterocycles. The molecule has 4 heteroatoms. The van der Waals surface area contributed by atoms with E-state index in [0.29, 0.717) is 6.04 Å². The highest BCUT2D eigenvalue weighted by molar-refractivity contribution is 9.10. The van der Waals surface area contributed by atoms with Gasteiger partial charge in [-0.2, -0.15) is 5.10 Å². The van der Waals surface area contributed by atoms with Crippen molar-refractivity contribution in [1.82, 2.24) is 15.1 Å². The molecule has 0 bridgehead atoms. The molecule has 0 unspecified atom stereocenters. The molecule has 0 saturated carbocycles. The number of hydrogen-bond donors (Lipinski definition) is 1. The van der Waals surface area contributed by atoms with Gasteiger partial charge in [0.15, 0.2) is 0 Å². The van der Waals surface area contributed by atoms with Gasteiger partial charge in [-0.3, -0.25) is 4.68 Å². The summed E-state index contributed by atoms with van der Waals surface area (Å²) in [7, 11) is 0. The summed E-state index contributed by atoms with van der Waals surface area (Å²) in [6, 6.07) is 10.8. The normalized spacial score (nSPS) is 12.6. The zero-order chi connectivity index (χ0) is 13.7. The maximum atomic E-state index is 4.34. The van der Waals surface area contributed by atoms with E-state index in [2.05, 4.69) is 69.1 Å². The summed E-state index contributed by atoms with van der Waals surface area (Å²) >= 11 is 3.51. The highest BCUT2D eigenvalue weighted by Crippen LogP contribution is 2.18. The Bertz CT molecular complexity index is 522. The van der Waals surface area contributed by atoms with Crippen LogP contribution >= 0.6 is 15.9 Å². The number of benzene rings is 1. The number of rotatable bonds is 6. The predicted octanol–water partition coefficient (Wildman–Crippen LogP) is 3.91. The second kappa shape index (κ2) is 6.87. The first-order valence-electron chi connectivity index (χ1n) is 6.70. The van der Waals surface area contributed by atoms with Crippen LogP contribution < -0.4 is 5.32 Å². The summed E-state index contributed by atoms with van der Waals surface area (Å²) in [6.45, 7) is 6.17. The molecule has 1 aromatic heterocycles. The average molecular weight is 322 g/mol. The van der Waals surface area contributed by atoms with E-state index in [4.69, 9.17) is 0 Å². The first kappa shape index (κ1) is 14.3. The fourth-order valence-electron chi connectivity index (χ4n) is 2.07. The van der Waals surface area contributed by atoms with Crippen molar-refractivity contribution < 1.29 is 0 Å². The van der Waals surface area contributed by atoms with Crippen LogP contribution in [0.25, 0.3) is 0 Å². The van der Waals surface area contributed by atoms with E-state index < -0.39 is 0 Å². The van der Waals surface area contributed by atoms with Crippen LogP contribution in [0.2, 0.25) is 0 Å². The van der Waals surface area contributed by atoms with Crippen LogP contribution in [-0.2, 0) is 13.1 Å². The molecule has 1 aromatic carbocycles. The maximum Gasteiger partial charge on any atom is 0.0522 e. The molecule has 0 fully saturated rings. The van der Waals surface area contributed by atoms with Gasteiger partial charge in [0.1, 0.15) is 0 Å². The molecule has 0 amide bonds. The number of hydrogen-bond acceptors (Lipinski definition) is 2. The highest BCUT2D eigenvalue weighted by Gasteiger charge is 2.07. The number of aryl methyl sites for hydroxylation is 1. The molecule has 0 aliphatic rings. The largest absolute Gasteiger partial charge is 0.305 e. The molecule has 19 heavy (non-hydrogen) atoms. The molecular formula is C15H20BrN3. The van der Waals surface area contributed by atoms with E-state index in [-0.39, 0.29) is 0 Å². The van der Waals surface area contributed by atoms with Gasteiger partial charge in [0.05, 0.1) is 5.69 Å². The minimum Gasteiger partial charge on any atom is -0.305 e. The SMILES string of the molecule is CCCn1nccc1CN[C@@H](C)c1cccc(Br)c1. The Kier molecular flexibility index (Phi) is 5.16. The fraction of sp³-hybridized carbons (Fsp3) is 0.400. The molecule has 0 radical (unpaired) electrons. The molecule has 2 aromatic rings. The molecule has 102 valence electrons. The lowest BCUT2D eigenvalue weighted by Crippen LogP contribution is -2.20. The summed E-state index contributed by atoms with van der Waals surface area (Å²) in [5, 5.41) is 7.89. The summed E-state index contributed by atoms with van der Waals surface area (Å²) in [4.78, 5) is 0. The third kappa shape index (κ3) is 3.91. The van der Waals surface area contributed by atoms with Crippen molar-refractivity contribution in [3.63, 3.8) is 0 Å². The first-order chi connectivity index (χ1) is 9.20. The number of nitrogens with zero attached hydrogens (tertiary/aromatic N) is 2. The van der Waals surface area contributed by atoms with Gasteiger partial charge in [-0.05, 0) is 37.1 Å². The van der Waals surface area contributed by atoms with Gasteiger partial charge in [0, 0.05) is 29.8 Å². The minimum atomic E-state index is 0.322. The Hall–Kier alpha value is -1.13. The molecule has 3 nitrogen and oxygen atoms in total. The van der Waals surface area contributed by atoms with Crippen LogP contribution in [0.3, 0.4) is 0 Å². The predicted molar refractivity (Wildman–Crippen MR) is 81.9 cm³/mol. The fourth-order valence-corrected chi connectivity index (χ4v) is 2.49. The van der Waals surface area contributed by atoms with E-state index in [1.54, 1.807) is 0 Å². The second-order valence-electron chi connectivity index (χ2n) is 4.70. The van der Waals surface area contributed by atoms with Crippen LogP contribution in [0.15, 0.2) is 41.0 Å². The summed E-state index contributed by atoms with van der Waals surface area (Å²) in [5.74, 6) is 0. The number of halogens is 1. The van der Waals surface area contributed by atoms with E-state index in [9.17, 15) is 0 Å². The zero-order valence-corrected chi connectivity index (χ0v) is 13.0. The average Bonchev–Trinajstić information content (AvgIpc) is 2.84. The Balaban J connectivity index is 1.96. The first-order valence-corrected chi connectivity index (χ1v) is 7.49. The van der Waals surface area contributed by atoms with Crippen LogP contribution in [0.5, 0.6) is 0 Å². The second-order valence-corrected chi connectivity index (χ2v) is 5.62. The quantitative estimate of drug-likeness (QED) is 0.874.